The van der Waals surface area contributed by atoms with Gasteiger partial charge in [-0.3, -0.25) is 9.78 Å². The van der Waals surface area contributed by atoms with E-state index in [-0.39, 0.29) is 11.6 Å². The lowest BCUT2D eigenvalue weighted by Crippen LogP contribution is -2.25. The standard InChI is InChI=1S/C17H19N5O/c1-2-21-15(13-7-5-9-19-13)11-17(23)22-16(21)10-14(20-22)12-6-3-4-8-18-12/h3-4,6,8,10-11,13,19H,2,5,7,9H2,1H3. The zero-order chi connectivity index (χ0) is 15.8. The number of hydrogen-bond acceptors (Lipinski definition) is 4. The van der Waals surface area contributed by atoms with E-state index < -0.39 is 0 Å². The molecule has 1 aliphatic rings. The van der Waals surface area contributed by atoms with Crippen LogP contribution >= 0.6 is 0 Å². The number of pyridine rings is 1. The third-order valence-corrected chi connectivity index (χ3v) is 4.42. The van der Waals surface area contributed by atoms with Crippen LogP contribution in [-0.2, 0) is 6.54 Å². The van der Waals surface area contributed by atoms with Crippen LogP contribution < -0.4 is 10.9 Å². The Hall–Kier alpha value is -2.47. The van der Waals surface area contributed by atoms with Gasteiger partial charge in [-0.25, -0.2) is 0 Å². The summed E-state index contributed by atoms with van der Waals surface area (Å²) in [6.45, 7) is 3.90. The fourth-order valence-corrected chi connectivity index (χ4v) is 3.33. The molecule has 0 amide bonds. The highest BCUT2D eigenvalue weighted by atomic mass is 16.1. The maximum Gasteiger partial charge on any atom is 0.274 e. The van der Waals surface area contributed by atoms with Gasteiger partial charge in [-0.2, -0.15) is 9.61 Å². The third kappa shape index (κ3) is 2.35. The second-order valence-corrected chi connectivity index (χ2v) is 5.82. The Morgan fingerprint density at radius 3 is 2.91 bits per heavy atom. The molecule has 1 fully saturated rings. The van der Waals surface area contributed by atoms with Crippen molar-refractivity contribution < 1.29 is 0 Å². The number of fused-ring (bicyclic) bond motifs is 1. The first-order valence-electron chi connectivity index (χ1n) is 8.06. The molecular formula is C17H19N5O. The van der Waals surface area contributed by atoms with Gasteiger partial charge in [0, 0.05) is 36.6 Å². The summed E-state index contributed by atoms with van der Waals surface area (Å²) in [4.78, 5) is 16.8. The van der Waals surface area contributed by atoms with Gasteiger partial charge in [-0.1, -0.05) is 6.07 Å². The van der Waals surface area contributed by atoms with Crippen molar-refractivity contribution in [3.63, 3.8) is 0 Å². The Labute approximate surface area is 133 Å². The fraction of sp³-hybridized carbons (Fsp3) is 0.353. The van der Waals surface area contributed by atoms with E-state index in [9.17, 15) is 4.79 Å². The molecule has 1 unspecified atom stereocenters. The Kier molecular flexibility index (Phi) is 3.46. The molecule has 1 saturated heterocycles. The topological polar surface area (TPSA) is 64.2 Å². The van der Waals surface area contributed by atoms with Crippen LogP contribution in [0.1, 0.15) is 31.5 Å². The molecule has 0 aromatic carbocycles. The molecule has 1 N–H and O–H groups in total. The highest BCUT2D eigenvalue weighted by Gasteiger charge is 2.22. The molecule has 6 nitrogen and oxygen atoms in total. The zero-order valence-electron chi connectivity index (χ0n) is 13.1. The SMILES string of the molecule is CCn1c(C2CCCN2)cc(=O)n2nc(-c3ccccn3)cc12. The Morgan fingerprint density at radius 2 is 2.22 bits per heavy atom. The van der Waals surface area contributed by atoms with Crippen LogP contribution in [0.2, 0.25) is 0 Å². The molecule has 6 heteroatoms. The van der Waals surface area contributed by atoms with Gasteiger partial charge in [-0.05, 0) is 38.4 Å². The van der Waals surface area contributed by atoms with Crippen LogP contribution in [0.25, 0.3) is 17.0 Å². The van der Waals surface area contributed by atoms with Crippen molar-refractivity contribution in [3.8, 4) is 11.4 Å². The second-order valence-electron chi connectivity index (χ2n) is 5.82. The zero-order valence-corrected chi connectivity index (χ0v) is 13.1. The molecule has 3 aromatic rings. The van der Waals surface area contributed by atoms with Gasteiger partial charge < -0.3 is 9.88 Å². The van der Waals surface area contributed by atoms with E-state index in [0.717, 1.165) is 48.7 Å². The van der Waals surface area contributed by atoms with Crippen molar-refractivity contribution >= 4 is 5.65 Å². The predicted octanol–water partition coefficient (Wildman–Crippen LogP) is 2.00. The molecule has 4 heterocycles. The van der Waals surface area contributed by atoms with Crippen molar-refractivity contribution in [1.29, 1.82) is 0 Å². The molecular weight excluding hydrogens is 290 g/mol. The Balaban J connectivity index is 1.93. The number of nitrogens with one attached hydrogen (secondary N) is 1. The number of hydrogen-bond donors (Lipinski definition) is 1. The quantitative estimate of drug-likeness (QED) is 0.804. The lowest BCUT2D eigenvalue weighted by Gasteiger charge is -2.18. The van der Waals surface area contributed by atoms with E-state index in [2.05, 4.69) is 26.9 Å². The Morgan fingerprint density at radius 1 is 1.30 bits per heavy atom. The van der Waals surface area contributed by atoms with Gasteiger partial charge in [0.2, 0.25) is 0 Å². The molecule has 3 aromatic heterocycles. The predicted molar refractivity (Wildman–Crippen MR) is 88.3 cm³/mol. The molecule has 118 valence electrons. The number of rotatable bonds is 3. The second kappa shape index (κ2) is 5.62. The van der Waals surface area contributed by atoms with E-state index in [4.69, 9.17) is 0 Å². The largest absolute Gasteiger partial charge is 0.328 e. The first kappa shape index (κ1) is 14.1. The van der Waals surface area contributed by atoms with Gasteiger partial charge >= 0.3 is 0 Å². The van der Waals surface area contributed by atoms with E-state index in [1.165, 1.54) is 4.52 Å². The van der Waals surface area contributed by atoms with Crippen molar-refractivity contribution in [2.24, 2.45) is 0 Å². The first-order valence-corrected chi connectivity index (χ1v) is 8.06. The number of nitrogens with zero attached hydrogens (tertiary/aromatic N) is 4. The summed E-state index contributed by atoms with van der Waals surface area (Å²) in [7, 11) is 0. The summed E-state index contributed by atoms with van der Waals surface area (Å²) in [5.74, 6) is 0. The van der Waals surface area contributed by atoms with Gasteiger partial charge in [0.15, 0.2) is 0 Å². The van der Waals surface area contributed by atoms with Crippen molar-refractivity contribution in [2.75, 3.05) is 6.54 Å². The van der Waals surface area contributed by atoms with Crippen molar-refractivity contribution in [3.05, 3.63) is 52.6 Å². The number of aromatic nitrogens is 4. The normalized spacial score (nSPS) is 17.9. The van der Waals surface area contributed by atoms with E-state index >= 15 is 0 Å². The van der Waals surface area contributed by atoms with Gasteiger partial charge in [0.1, 0.15) is 11.3 Å². The summed E-state index contributed by atoms with van der Waals surface area (Å²) in [6, 6.07) is 9.61. The monoisotopic (exact) mass is 309 g/mol. The summed E-state index contributed by atoms with van der Waals surface area (Å²) in [6.07, 6.45) is 3.95. The van der Waals surface area contributed by atoms with E-state index in [0.29, 0.717) is 0 Å². The van der Waals surface area contributed by atoms with Crippen LogP contribution in [-0.4, -0.2) is 25.7 Å². The molecule has 0 radical (unpaired) electrons. The smallest absolute Gasteiger partial charge is 0.274 e. The molecule has 4 rings (SSSR count). The minimum atomic E-state index is -0.0874. The average Bonchev–Trinajstić information content (AvgIpc) is 3.25. The third-order valence-electron chi connectivity index (χ3n) is 4.42. The van der Waals surface area contributed by atoms with Gasteiger partial charge in [-0.15, -0.1) is 0 Å². The van der Waals surface area contributed by atoms with E-state index in [1.807, 2.05) is 24.3 Å². The maximum absolute atomic E-state index is 12.5. The van der Waals surface area contributed by atoms with Gasteiger partial charge in [0.05, 0.1) is 5.69 Å². The minimum Gasteiger partial charge on any atom is -0.328 e. The van der Waals surface area contributed by atoms with Gasteiger partial charge in [0.25, 0.3) is 5.56 Å². The molecule has 0 bridgehead atoms. The lowest BCUT2D eigenvalue weighted by atomic mass is 10.1. The van der Waals surface area contributed by atoms with Crippen LogP contribution in [0.5, 0.6) is 0 Å². The lowest BCUT2D eigenvalue weighted by molar-refractivity contribution is 0.567. The molecule has 0 aliphatic carbocycles. The van der Waals surface area contributed by atoms with Crippen LogP contribution in [0.3, 0.4) is 0 Å². The van der Waals surface area contributed by atoms with E-state index in [1.54, 1.807) is 12.3 Å². The Bertz CT molecular complexity index is 890. The molecule has 23 heavy (non-hydrogen) atoms. The molecule has 1 atom stereocenters. The summed E-state index contributed by atoms with van der Waals surface area (Å²) in [5, 5.41) is 7.94. The summed E-state index contributed by atoms with van der Waals surface area (Å²) in [5.41, 5.74) is 3.29. The molecule has 1 aliphatic heterocycles. The molecule has 0 saturated carbocycles. The first-order chi connectivity index (χ1) is 11.3. The summed E-state index contributed by atoms with van der Waals surface area (Å²) >= 11 is 0. The molecule has 0 spiro atoms. The highest BCUT2D eigenvalue weighted by molar-refractivity contribution is 5.60. The van der Waals surface area contributed by atoms with Crippen LogP contribution in [0.15, 0.2) is 41.3 Å². The fourth-order valence-electron chi connectivity index (χ4n) is 3.33. The average molecular weight is 309 g/mol. The van der Waals surface area contributed by atoms with Crippen molar-refractivity contribution in [2.45, 2.75) is 32.4 Å². The van der Waals surface area contributed by atoms with Crippen LogP contribution in [0, 0.1) is 0 Å². The van der Waals surface area contributed by atoms with Crippen LogP contribution in [0.4, 0.5) is 0 Å². The summed E-state index contributed by atoms with van der Waals surface area (Å²) < 4.78 is 3.65. The number of aryl methyl sites for hydroxylation is 1. The highest BCUT2D eigenvalue weighted by Crippen LogP contribution is 2.24. The van der Waals surface area contributed by atoms with Crippen molar-refractivity contribution in [1.82, 2.24) is 24.5 Å². The minimum absolute atomic E-state index is 0.0874. The maximum atomic E-state index is 12.5.